The van der Waals surface area contributed by atoms with Crippen molar-refractivity contribution in [2.24, 2.45) is 0 Å². The Morgan fingerprint density at radius 2 is 1.50 bits per heavy atom. The lowest BCUT2D eigenvalue weighted by molar-refractivity contribution is -0.116. The number of nitrogens with zero attached hydrogens (tertiary/aromatic N) is 2. The summed E-state index contributed by atoms with van der Waals surface area (Å²) in [6, 6.07) is 22.9. The first kappa shape index (κ1) is 20.1. The third-order valence-corrected chi connectivity index (χ3v) is 4.87. The number of carbonyl (C=O) groups is 1. The fourth-order valence-electron chi connectivity index (χ4n) is 2.99. The molecule has 0 aliphatic rings. The number of hydrogen-bond donors (Lipinski definition) is 1. The highest BCUT2D eigenvalue weighted by atomic mass is 35.5. The van der Waals surface area contributed by atoms with Crippen LogP contribution in [0.1, 0.15) is 12.3 Å². The van der Waals surface area contributed by atoms with Crippen LogP contribution in [0.3, 0.4) is 0 Å². The van der Waals surface area contributed by atoms with E-state index in [1.165, 1.54) is 0 Å². The standard InChI is InChI=1S/C23H17Cl2N3O2/c24-18-12-19(25)14-20(13-18)26-21(29)10-11-22-27-23(28-30-22)17-8-6-16(7-9-17)15-4-2-1-3-5-15/h1-9,12-14H,10-11H2,(H,26,29). The molecule has 4 rings (SSSR count). The van der Waals surface area contributed by atoms with Crippen molar-refractivity contribution in [2.45, 2.75) is 12.8 Å². The number of carbonyl (C=O) groups excluding carboxylic acids is 1. The molecule has 7 heteroatoms. The quantitative estimate of drug-likeness (QED) is 0.385. The third-order valence-electron chi connectivity index (χ3n) is 4.43. The smallest absolute Gasteiger partial charge is 0.227 e. The third kappa shape index (κ3) is 5.06. The number of aromatic nitrogens is 2. The molecule has 0 radical (unpaired) electrons. The van der Waals surface area contributed by atoms with Gasteiger partial charge >= 0.3 is 0 Å². The van der Waals surface area contributed by atoms with Crippen LogP contribution in [0, 0.1) is 0 Å². The van der Waals surface area contributed by atoms with Gasteiger partial charge in [0.1, 0.15) is 0 Å². The average Bonchev–Trinajstić information content (AvgIpc) is 3.21. The summed E-state index contributed by atoms with van der Waals surface area (Å²) in [5.41, 5.74) is 3.65. The molecule has 5 nitrogen and oxygen atoms in total. The molecule has 0 unspecified atom stereocenters. The lowest BCUT2D eigenvalue weighted by Crippen LogP contribution is -2.12. The zero-order valence-electron chi connectivity index (χ0n) is 15.8. The number of anilines is 1. The van der Waals surface area contributed by atoms with Crippen molar-refractivity contribution in [2.75, 3.05) is 5.32 Å². The van der Waals surface area contributed by atoms with Crippen LogP contribution < -0.4 is 5.32 Å². The van der Waals surface area contributed by atoms with Crippen molar-refractivity contribution in [3.8, 4) is 22.5 Å². The summed E-state index contributed by atoms with van der Waals surface area (Å²) in [6.07, 6.45) is 0.522. The van der Waals surface area contributed by atoms with E-state index < -0.39 is 0 Å². The van der Waals surface area contributed by atoms with Crippen LogP contribution in [-0.4, -0.2) is 16.0 Å². The summed E-state index contributed by atoms with van der Waals surface area (Å²) in [7, 11) is 0. The first-order valence-electron chi connectivity index (χ1n) is 9.31. The molecular formula is C23H17Cl2N3O2. The van der Waals surface area contributed by atoms with Crippen molar-refractivity contribution >= 4 is 34.8 Å². The van der Waals surface area contributed by atoms with Gasteiger partial charge in [0, 0.05) is 34.1 Å². The van der Waals surface area contributed by atoms with Gasteiger partial charge in [-0.15, -0.1) is 0 Å². The SMILES string of the molecule is O=C(CCc1nc(-c2ccc(-c3ccccc3)cc2)no1)Nc1cc(Cl)cc(Cl)c1. The van der Waals surface area contributed by atoms with E-state index in [-0.39, 0.29) is 12.3 Å². The van der Waals surface area contributed by atoms with E-state index in [1.807, 2.05) is 42.5 Å². The zero-order valence-corrected chi connectivity index (χ0v) is 17.3. The van der Waals surface area contributed by atoms with Gasteiger partial charge < -0.3 is 9.84 Å². The van der Waals surface area contributed by atoms with Crippen molar-refractivity contribution in [3.05, 3.63) is 88.7 Å². The lowest BCUT2D eigenvalue weighted by atomic mass is 10.0. The van der Waals surface area contributed by atoms with Gasteiger partial charge in [0.2, 0.25) is 17.6 Å². The maximum atomic E-state index is 12.2. The van der Waals surface area contributed by atoms with Crippen LogP contribution in [0.2, 0.25) is 10.0 Å². The fraction of sp³-hybridized carbons (Fsp3) is 0.0870. The Morgan fingerprint density at radius 3 is 2.20 bits per heavy atom. The molecule has 0 spiro atoms. The molecule has 0 bridgehead atoms. The molecule has 0 aliphatic heterocycles. The maximum absolute atomic E-state index is 12.2. The van der Waals surface area contributed by atoms with Gasteiger partial charge in [-0.2, -0.15) is 4.98 Å². The van der Waals surface area contributed by atoms with Crippen LogP contribution in [-0.2, 0) is 11.2 Å². The Morgan fingerprint density at radius 1 is 0.867 bits per heavy atom. The molecule has 1 heterocycles. The first-order valence-corrected chi connectivity index (χ1v) is 10.1. The molecule has 1 aromatic heterocycles. The van der Waals surface area contributed by atoms with Crippen LogP contribution in [0.4, 0.5) is 5.69 Å². The van der Waals surface area contributed by atoms with Gasteiger partial charge in [-0.25, -0.2) is 0 Å². The molecule has 1 amide bonds. The molecule has 0 atom stereocenters. The number of aryl methyl sites for hydroxylation is 1. The minimum atomic E-state index is -0.194. The second-order valence-corrected chi connectivity index (χ2v) is 7.53. The van der Waals surface area contributed by atoms with Crippen LogP contribution >= 0.6 is 23.2 Å². The van der Waals surface area contributed by atoms with E-state index in [9.17, 15) is 4.79 Å². The number of benzene rings is 3. The highest BCUT2D eigenvalue weighted by Gasteiger charge is 2.12. The molecule has 0 fully saturated rings. The van der Waals surface area contributed by atoms with E-state index in [4.69, 9.17) is 27.7 Å². The van der Waals surface area contributed by atoms with Crippen molar-refractivity contribution in [1.82, 2.24) is 10.1 Å². The highest BCUT2D eigenvalue weighted by molar-refractivity contribution is 6.35. The van der Waals surface area contributed by atoms with E-state index in [0.29, 0.717) is 33.9 Å². The van der Waals surface area contributed by atoms with Crippen LogP contribution in [0.25, 0.3) is 22.5 Å². The predicted octanol–water partition coefficient (Wildman–Crippen LogP) is 6.28. The minimum Gasteiger partial charge on any atom is -0.339 e. The van der Waals surface area contributed by atoms with Gasteiger partial charge in [0.05, 0.1) is 0 Å². The largest absolute Gasteiger partial charge is 0.339 e. The van der Waals surface area contributed by atoms with Crippen LogP contribution in [0.5, 0.6) is 0 Å². The van der Waals surface area contributed by atoms with Gasteiger partial charge in [-0.1, -0.05) is 83.0 Å². The molecule has 1 N–H and O–H groups in total. The Labute approximate surface area is 183 Å². The monoisotopic (exact) mass is 437 g/mol. The minimum absolute atomic E-state index is 0.193. The summed E-state index contributed by atoms with van der Waals surface area (Å²) in [5, 5.41) is 7.69. The molecular weight excluding hydrogens is 421 g/mol. The first-order chi connectivity index (χ1) is 14.6. The average molecular weight is 438 g/mol. The number of nitrogens with one attached hydrogen (secondary N) is 1. The zero-order chi connectivity index (χ0) is 20.9. The Bertz CT molecular complexity index is 1140. The van der Waals surface area contributed by atoms with E-state index in [1.54, 1.807) is 18.2 Å². The van der Waals surface area contributed by atoms with Gasteiger partial charge in [0.25, 0.3) is 0 Å². The van der Waals surface area contributed by atoms with Gasteiger partial charge in [-0.05, 0) is 29.3 Å². The summed E-state index contributed by atoms with van der Waals surface area (Å²) >= 11 is 11.9. The lowest BCUT2D eigenvalue weighted by Gasteiger charge is -2.05. The topological polar surface area (TPSA) is 68.0 Å². The van der Waals surface area contributed by atoms with Crippen LogP contribution in [0.15, 0.2) is 77.3 Å². The van der Waals surface area contributed by atoms with Gasteiger partial charge in [0.15, 0.2) is 0 Å². The molecule has 0 saturated carbocycles. The second kappa shape index (κ2) is 9.11. The number of halogens is 2. The Kier molecular flexibility index (Phi) is 6.12. The number of rotatable bonds is 6. The fourth-order valence-corrected chi connectivity index (χ4v) is 3.51. The predicted molar refractivity (Wildman–Crippen MR) is 119 cm³/mol. The Hall–Kier alpha value is -3.15. The molecule has 0 aliphatic carbocycles. The summed E-state index contributed by atoms with van der Waals surface area (Å²) < 4.78 is 5.29. The summed E-state index contributed by atoms with van der Waals surface area (Å²) in [5.74, 6) is 0.698. The molecule has 30 heavy (non-hydrogen) atoms. The Balaban J connectivity index is 1.36. The van der Waals surface area contributed by atoms with Crippen molar-refractivity contribution in [1.29, 1.82) is 0 Å². The van der Waals surface area contributed by atoms with E-state index in [2.05, 4.69) is 27.6 Å². The van der Waals surface area contributed by atoms with E-state index >= 15 is 0 Å². The molecule has 0 saturated heterocycles. The van der Waals surface area contributed by atoms with Crippen molar-refractivity contribution in [3.63, 3.8) is 0 Å². The number of hydrogen-bond acceptors (Lipinski definition) is 4. The highest BCUT2D eigenvalue weighted by Crippen LogP contribution is 2.24. The van der Waals surface area contributed by atoms with Gasteiger partial charge in [-0.3, -0.25) is 4.79 Å². The number of amides is 1. The maximum Gasteiger partial charge on any atom is 0.227 e. The molecule has 3 aromatic carbocycles. The van der Waals surface area contributed by atoms with Crippen molar-refractivity contribution < 1.29 is 9.32 Å². The molecule has 4 aromatic rings. The summed E-state index contributed by atoms with van der Waals surface area (Å²) in [4.78, 5) is 16.6. The van der Waals surface area contributed by atoms with E-state index in [0.717, 1.165) is 16.7 Å². The summed E-state index contributed by atoms with van der Waals surface area (Å²) in [6.45, 7) is 0. The second-order valence-electron chi connectivity index (χ2n) is 6.66. The normalized spacial score (nSPS) is 10.7. The molecule has 150 valence electrons.